The lowest BCUT2D eigenvalue weighted by molar-refractivity contribution is 0.0950. The fraction of sp³-hybridized carbons (Fsp3) is 0.278. The van der Waals surface area contributed by atoms with Crippen molar-refractivity contribution in [2.24, 2.45) is 0 Å². The first-order valence-electron chi connectivity index (χ1n) is 7.86. The molecule has 0 fully saturated rings. The highest BCUT2D eigenvalue weighted by Gasteiger charge is 2.11. The molecule has 1 aromatic carbocycles. The van der Waals surface area contributed by atoms with E-state index in [-0.39, 0.29) is 11.8 Å². The van der Waals surface area contributed by atoms with Crippen molar-refractivity contribution in [3.63, 3.8) is 0 Å². The van der Waals surface area contributed by atoms with Crippen LogP contribution in [0.25, 0.3) is 0 Å². The normalized spacial score (nSPS) is 10.2. The number of rotatable bonds is 7. The summed E-state index contributed by atoms with van der Waals surface area (Å²) in [6.45, 7) is 3.05. The van der Waals surface area contributed by atoms with E-state index in [0.29, 0.717) is 29.2 Å². The molecule has 0 unspecified atom stereocenters. The Kier molecular flexibility index (Phi) is 6.75. The van der Waals surface area contributed by atoms with Gasteiger partial charge in [-0.05, 0) is 30.2 Å². The van der Waals surface area contributed by atoms with Gasteiger partial charge < -0.3 is 10.6 Å². The largest absolute Gasteiger partial charge is 0.352 e. The average molecular weight is 346 g/mol. The Morgan fingerprint density at radius 3 is 2.29 bits per heavy atom. The number of aromatic nitrogens is 1. The summed E-state index contributed by atoms with van der Waals surface area (Å²) in [4.78, 5) is 28.2. The Balaban J connectivity index is 1.95. The molecule has 126 valence electrons. The summed E-state index contributed by atoms with van der Waals surface area (Å²) < 4.78 is 0. The highest BCUT2D eigenvalue weighted by Crippen LogP contribution is 2.09. The van der Waals surface area contributed by atoms with Gasteiger partial charge >= 0.3 is 0 Å². The van der Waals surface area contributed by atoms with E-state index < -0.39 is 0 Å². The van der Waals surface area contributed by atoms with Crippen molar-refractivity contribution in [3.05, 3.63) is 64.4 Å². The zero-order valence-corrected chi connectivity index (χ0v) is 14.3. The van der Waals surface area contributed by atoms with E-state index in [4.69, 9.17) is 11.6 Å². The molecule has 6 heteroatoms. The third-order valence-electron chi connectivity index (χ3n) is 3.44. The van der Waals surface area contributed by atoms with Crippen LogP contribution in [0.15, 0.2) is 42.7 Å². The van der Waals surface area contributed by atoms with Crippen LogP contribution in [0, 0.1) is 0 Å². The summed E-state index contributed by atoms with van der Waals surface area (Å²) in [5.41, 5.74) is 1.67. The maximum absolute atomic E-state index is 12.2. The van der Waals surface area contributed by atoms with Crippen LogP contribution in [0.1, 0.15) is 46.0 Å². The summed E-state index contributed by atoms with van der Waals surface area (Å²) in [5.74, 6) is -0.496. The van der Waals surface area contributed by atoms with Crippen molar-refractivity contribution < 1.29 is 9.59 Å². The molecule has 0 radical (unpaired) electrons. The zero-order valence-electron chi connectivity index (χ0n) is 13.5. The number of hydrogen-bond acceptors (Lipinski definition) is 3. The van der Waals surface area contributed by atoms with E-state index in [9.17, 15) is 9.59 Å². The van der Waals surface area contributed by atoms with Crippen LogP contribution in [0.4, 0.5) is 0 Å². The van der Waals surface area contributed by atoms with Crippen molar-refractivity contribution in [2.75, 3.05) is 6.54 Å². The third kappa shape index (κ3) is 5.35. The second kappa shape index (κ2) is 9.03. The molecule has 2 N–H and O–H groups in total. The SMILES string of the molecule is CCCCNC(=O)c1cncc(C(=O)NCc2ccc(Cl)cc2)c1. The van der Waals surface area contributed by atoms with E-state index in [1.54, 1.807) is 18.2 Å². The molecular weight excluding hydrogens is 326 g/mol. The third-order valence-corrected chi connectivity index (χ3v) is 3.70. The lowest BCUT2D eigenvalue weighted by Gasteiger charge is -2.07. The van der Waals surface area contributed by atoms with Crippen LogP contribution < -0.4 is 10.6 Å². The molecule has 0 aliphatic rings. The number of nitrogens with one attached hydrogen (secondary N) is 2. The Labute approximate surface area is 146 Å². The molecule has 0 saturated carbocycles. The van der Waals surface area contributed by atoms with Gasteiger partial charge in [0.2, 0.25) is 0 Å². The number of amides is 2. The number of carbonyl (C=O) groups is 2. The molecule has 5 nitrogen and oxygen atoms in total. The number of unbranched alkanes of at least 4 members (excludes halogenated alkanes) is 1. The Morgan fingerprint density at radius 2 is 1.67 bits per heavy atom. The minimum Gasteiger partial charge on any atom is -0.352 e. The fourth-order valence-corrected chi connectivity index (χ4v) is 2.18. The van der Waals surface area contributed by atoms with Gasteiger partial charge in [-0.2, -0.15) is 0 Å². The Hall–Kier alpha value is -2.40. The molecule has 1 aromatic heterocycles. The van der Waals surface area contributed by atoms with Gasteiger partial charge in [0.25, 0.3) is 11.8 Å². The molecule has 0 aliphatic carbocycles. The van der Waals surface area contributed by atoms with Crippen LogP contribution in [0.2, 0.25) is 5.02 Å². The molecule has 2 aromatic rings. The molecule has 0 bridgehead atoms. The minimum absolute atomic E-state index is 0.219. The van der Waals surface area contributed by atoms with E-state index >= 15 is 0 Å². The minimum atomic E-state index is -0.277. The summed E-state index contributed by atoms with van der Waals surface area (Å²) in [7, 11) is 0. The van der Waals surface area contributed by atoms with Crippen molar-refractivity contribution in [3.8, 4) is 0 Å². The van der Waals surface area contributed by atoms with Crippen LogP contribution in [0.5, 0.6) is 0 Å². The van der Waals surface area contributed by atoms with Crippen LogP contribution >= 0.6 is 11.6 Å². The zero-order chi connectivity index (χ0) is 17.4. The van der Waals surface area contributed by atoms with Crippen LogP contribution in [0.3, 0.4) is 0 Å². The molecule has 0 spiro atoms. The van der Waals surface area contributed by atoms with Gasteiger partial charge in [-0.25, -0.2) is 0 Å². The predicted octanol–water partition coefficient (Wildman–Crippen LogP) is 3.19. The average Bonchev–Trinajstić information content (AvgIpc) is 2.61. The van der Waals surface area contributed by atoms with E-state index in [1.165, 1.54) is 12.4 Å². The number of hydrogen-bond donors (Lipinski definition) is 2. The standard InChI is InChI=1S/C18H20ClN3O2/c1-2-3-8-21-17(23)14-9-15(12-20-11-14)18(24)22-10-13-4-6-16(19)7-5-13/h4-7,9,11-12H,2-3,8,10H2,1H3,(H,21,23)(H,22,24). The smallest absolute Gasteiger partial charge is 0.253 e. The highest BCUT2D eigenvalue weighted by molar-refractivity contribution is 6.30. The highest BCUT2D eigenvalue weighted by atomic mass is 35.5. The fourth-order valence-electron chi connectivity index (χ4n) is 2.06. The maximum Gasteiger partial charge on any atom is 0.253 e. The van der Waals surface area contributed by atoms with Gasteiger partial charge in [0.05, 0.1) is 11.1 Å². The molecule has 24 heavy (non-hydrogen) atoms. The number of halogens is 1. The van der Waals surface area contributed by atoms with E-state index in [0.717, 1.165) is 18.4 Å². The van der Waals surface area contributed by atoms with E-state index in [1.807, 2.05) is 12.1 Å². The first kappa shape index (κ1) is 17.9. The van der Waals surface area contributed by atoms with Crippen molar-refractivity contribution in [2.45, 2.75) is 26.3 Å². The van der Waals surface area contributed by atoms with Gasteiger partial charge in [-0.3, -0.25) is 14.6 Å². The second-order valence-electron chi connectivity index (χ2n) is 5.38. The maximum atomic E-state index is 12.2. The number of carbonyl (C=O) groups excluding carboxylic acids is 2. The molecule has 1 heterocycles. The molecule has 0 atom stereocenters. The number of benzene rings is 1. The first-order valence-corrected chi connectivity index (χ1v) is 8.24. The van der Waals surface area contributed by atoms with E-state index in [2.05, 4.69) is 22.5 Å². The molecule has 2 amide bonds. The molecule has 2 rings (SSSR count). The number of nitrogens with zero attached hydrogens (tertiary/aromatic N) is 1. The summed E-state index contributed by atoms with van der Waals surface area (Å²) >= 11 is 5.83. The molecule has 0 aliphatic heterocycles. The Bertz CT molecular complexity index is 702. The summed E-state index contributed by atoms with van der Waals surface area (Å²) in [5, 5.41) is 6.25. The lowest BCUT2D eigenvalue weighted by atomic mass is 10.1. The lowest BCUT2D eigenvalue weighted by Crippen LogP contribution is -2.26. The molecule has 0 saturated heterocycles. The first-order chi connectivity index (χ1) is 11.6. The monoisotopic (exact) mass is 345 g/mol. The van der Waals surface area contributed by atoms with Gasteiger partial charge in [-0.1, -0.05) is 37.1 Å². The number of pyridine rings is 1. The second-order valence-corrected chi connectivity index (χ2v) is 5.82. The van der Waals surface area contributed by atoms with Crippen molar-refractivity contribution >= 4 is 23.4 Å². The van der Waals surface area contributed by atoms with Crippen molar-refractivity contribution in [1.82, 2.24) is 15.6 Å². The van der Waals surface area contributed by atoms with Crippen LogP contribution in [-0.4, -0.2) is 23.3 Å². The van der Waals surface area contributed by atoms with Gasteiger partial charge in [-0.15, -0.1) is 0 Å². The Morgan fingerprint density at radius 1 is 1.04 bits per heavy atom. The molecular formula is C18H20ClN3O2. The van der Waals surface area contributed by atoms with Crippen LogP contribution in [-0.2, 0) is 6.54 Å². The van der Waals surface area contributed by atoms with Gasteiger partial charge in [0, 0.05) is 30.5 Å². The summed E-state index contributed by atoms with van der Waals surface area (Å²) in [6, 6.07) is 8.78. The quantitative estimate of drug-likeness (QED) is 0.757. The van der Waals surface area contributed by atoms with Gasteiger partial charge in [0.15, 0.2) is 0 Å². The van der Waals surface area contributed by atoms with Crippen molar-refractivity contribution in [1.29, 1.82) is 0 Å². The summed E-state index contributed by atoms with van der Waals surface area (Å²) in [6.07, 6.45) is 4.82. The predicted molar refractivity (Wildman–Crippen MR) is 94.1 cm³/mol. The topological polar surface area (TPSA) is 71.1 Å². The van der Waals surface area contributed by atoms with Gasteiger partial charge in [0.1, 0.15) is 0 Å².